The van der Waals surface area contributed by atoms with Gasteiger partial charge in [0.1, 0.15) is 0 Å². The van der Waals surface area contributed by atoms with E-state index in [1.54, 1.807) is 10.6 Å². The van der Waals surface area contributed by atoms with Gasteiger partial charge in [-0.25, -0.2) is 17.7 Å². The molecule has 6 nitrogen and oxygen atoms in total. The zero-order valence-electron chi connectivity index (χ0n) is 10.4. The van der Waals surface area contributed by atoms with Crippen LogP contribution in [0.5, 0.6) is 0 Å². The monoisotopic (exact) mass is 270 g/mol. The van der Waals surface area contributed by atoms with Gasteiger partial charge in [-0.3, -0.25) is 0 Å². The van der Waals surface area contributed by atoms with Crippen molar-refractivity contribution in [3.8, 4) is 0 Å². The maximum atomic E-state index is 11.5. The number of hydrogen-bond acceptors (Lipinski definition) is 4. The summed E-state index contributed by atoms with van der Waals surface area (Å²) in [7, 11) is -3.07. The summed E-state index contributed by atoms with van der Waals surface area (Å²) in [6.45, 7) is 2.06. The Labute approximate surface area is 107 Å². The van der Waals surface area contributed by atoms with Crippen molar-refractivity contribution >= 4 is 10.0 Å². The second-order valence-electron chi connectivity index (χ2n) is 5.15. The first kappa shape index (κ1) is 12.1. The number of hydrogen-bond donors (Lipinski definition) is 2. The fraction of sp³-hybridized carbons (Fsp3) is 0.727. The Morgan fingerprint density at radius 3 is 2.78 bits per heavy atom. The van der Waals surface area contributed by atoms with Gasteiger partial charge in [0.2, 0.25) is 10.0 Å². The smallest absolute Gasteiger partial charge is 0.211 e. The van der Waals surface area contributed by atoms with Gasteiger partial charge in [0, 0.05) is 31.7 Å². The number of fused-ring (bicyclic) bond motifs is 2. The number of rotatable bonds is 1. The fourth-order valence-electron chi connectivity index (χ4n) is 3.05. The normalized spacial score (nSPS) is 24.1. The third-order valence-electron chi connectivity index (χ3n) is 4.05. The van der Waals surface area contributed by atoms with E-state index in [0.29, 0.717) is 13.1 Å². The summed E-state index contributed by atoms with van der Waals surface area (Å²) in [5.41, 5.74) is 2.15. The van der Waals surface area contributed by atoms with Crippen LogP contribution < -0.4 is 5.32 Å². The summed E-state index contributed by atoms with van der Waals surface area (Å²) in [5, 5.41) is 3.54. The highest BCUT2D eigenvalue weighted by Gasteiger charge is 2.42. The van der Waals surface area contributed by atoms with Crippen LogP contribution in [0.1, 0.15) is 24.2 Å². The van der Waals surface area contributed by atoms with Gasteiger partial charge in [0.25, 0.3) is 0 Å². The Balaban J connectivity index is 1.85. The lowest BCUT2D eigenvalue weighted by Gasteiger charge is -2.43. The molecule has 0 aromatic carbocycles. The summed E-state index contributed by atoms with van der Waals surface area (Å²) >= 11 is 0. The highest BCUT2D eigenvalue weighted by atomic mass is 32.2. The standard InChI is InChI=1S/C11H18N4O2S/c1-18(16,17)15-6-3-11(4-7-15)10-9(2-5-14-11)12-8-13-10/h8,14H,2-7H2,1H3,(H,12,13). The van der Waals surface area contributed by atoms with Crippen LogP contribution in [0, 0.1) is 0 Å². The molecule has 0 atom stereocenters. The third-order valence-corrected chi connectivity index (χ3v) is 5.36. The van der Waals surface area contributed by atoms with Crippen molar-refractivity contribution in [2.75, 3.05) is 25.9 Å². The van der Waals surface area contributed by atoms with Gasteiger partial charge in [-0.05, 0) is 12.8 Å². The van der Waals surface area contributed by atoms with Crippen LogP contribution in [0.25, 0.3) is 0 Å². The van der Waals surface area contributed by atoms with Crippen molar-refractivity contribution in [3.05, 3.63) is 17.7 Å². The van der Waals surface area contributed by atoms with Crippen LogP contribution in [0.2, 0.25) is 0 Å². The number of sulfonamides is 1. The van der Waals surface area contributed by atoms with E-state index in [2.05, 4.69) is 15.3 Å². The molecule has 1 aromatic rings. The zero-order chi connectivity index (χ0) is 12.8. The minimum Gasteiger partial charge on any atom is -0.348 e. The lowest BCUT2D eigenvalue weighted by atomic mass is 9.81. The predicted molar refractivity (Wildman–Crippen MR) is 67.6 cm³/mol. The molecule has 3 heterocycles. The van der Waals surface area contributed by atoms with E-state index < -0.39 is 10.0 Å². The topological polar surface area (TPSA) is 78.1 Å². The molecular weight excluding hydrogens is 252 g/mol. The van der Waals surface area contributed by atoms with E-state index in [1.165, 1.54) is 11.9 Å². The van der Waals surface area contributed by atoms with E-state index in [9.17, 15) is 8.42 Å². The molecule has 100 valence electrons. The van der Waals surface area contributed by atoms with E-state index in [0.717, 1.165) is 31.5 Å². The third kappa shape index (κ3) is 1.86. The summed E-state index contributed by atoms with van der Waals surface area (Å²) in [6.07, 6.45) is 5.56. The predicted octanol–water partition coefficient (Wildman–Crippen LogP) is -0.194. The van der Waals surface area contributed by atoms with Gasteiger partial charge in [0.05, 0.1) is 23.8 Å². The first-order valence-electron chi connectivity index (χ1n) is 6.24. The molecule has 2 aliphatic heterocycles. The Hall–Kier alpha value is -0.920. The van der Waals surface area contributed by atoms with Gasteiger partial charge in [-0.15, -0.1) is 0 Å². The fourth-order valence-corrected chi connectivity index (χ4v) is 3.89. The minimum absolute atomic E-state index is 0.130. The summed E-state index contributed by atoms with van der Waals surface area (Å²) in [6, 6.07) is 0. The molecular formula is C11H18N4O2S. The van der Waals surface area contributed by atoms with E-state index in [1.807, 2.05) is 0 Å². The molecule has 1 saturated heterocycles. The van der Waals surface area contributed by atoms with Crippen LogP contribution >= 0.6 is 0 Å². The second-order valence-corrected chi connectivity index (χ2v) is 7.13. The van der Waals surface area contributed by atoms with Gasteiger partial charge in [-0.1, -0.05) is 0 Å². The number of piperidine rings is 1. The Kier molecular flexibility index (Phi) is 2.72. The molecule has 2 aliphatic rings. The molecule has 0 bridgehead atoms. The lowest BCUT2D eigenvalue weighted by Crippen LogP contribution is -2.55. The summed E-state index contributed by atoms with van der Waals surface area (Å²) in [4.78, 5) is 7.62. The highest BCUT2D eigenvalue weighted by Crippen LogP contribution is 2.36. The first-order chi connectivity index (χ1) is 8.51. The molecule has 3 rings (SSSR count). The number of imidazole rings is 1. The van der Waals surface area contributed by atoms with Crippen LogP contribution in [0.4, 0.5) is 0 Å². The molecule has 7 heteroatoms. The SMILES string of the molecule is CS(=O)(=O)N1CCC2(CC1)NCCc1[nH]cnc12. The molecule has 2 N–H and O–H groups in total. The van der Waals surface area contributed by atoms with E-state index in [-0.39, 0.29) is 5.54 Å². The largest absolute Gasteiger partial charge is 0.348 e. The maximum Gasteiger partial charge on any atom is 0.211 e. The van der Waals surface area contributed by atoms with Gasteiger partial charge >= 0.3 is 0 Å². The summed E-state index contributed by atoms with van der Waals surface area (Å²) < 4.78 is 24.6. The van der Waals surface area contributed by atoms with Crippen molar-refractivity contribution in [1.29, 1.82) is 0 Å². The molecule has 1 aromatic heterocycles. The molecule has 0 radical (unpaired) electrons. The molecule has 0 aliphatic carbocycles. The van der Waals surface area contributed by atoms with Crippen molar-refractivity contribution in [1.82, 2.24) is 19.6 Å². The van der Waals surface area contributed by atoms with Crippen molar-refractivity contribution in [2.24, 2.45) is 0 Å². The Bertz CT molecular complexity index is 543. The van der Waals surface area contributed by atoms with E-state index in [4.69, 9.17) is 0 Å². The molecule has 0 saturated carbocycles. The zero-order valence-corrected chi connectivity index (χ0v) is 11.3. The highest BCUT2D eigenvalue weighted by molar-refractivity contribution is 7.88. The quantitative estimate of drug-likeness (QED) is 0.741. The number of nitrogens with zero attached hydrogens (tertiary/aromatic N) is 2. The molecule has 1 spiro atoms. The molecule has 0 unspecified atom stereocenters. The summed E-state index contributed by atoms with van der Waals surface area (Å²) in [5.74, 6) is 0. The van der Waals surface area contributed by atoms with Crippen molar-refractivity contribution < 1.29 is 8.42 Å². The van der Waals surface area contributed by atoms with Gasteiger partial charge in [0.15, 0.2) is 0 Å². The number of nitrogens with one attached hydrogen (secondary N) is 2. The average molecular weight is 270 g/mol. The number of aromatic amines is 1. The number of aromatic nitrogens is 2. The molecule has 1 fully saturated rings. The second kappa shape index (κ2) is 4.04. The lowest BCUT2D eigenvalue weighted by molar-refractivity contribution is 0.180. The van der Waals surface area contributed by atoms with E-state index >= 15 is 0 Å². The van der Waals surface area contributed by atoms with Crippen LogP contribution in [-0.4, -0.2) is 48.6 Å². The Morgan fingerprint density at radius 1 is 1.39 bits per heavy atom. The molecule has 0 amide bonds. The maximum absolute atomic E-state index is 11.5. The molecule has 18 heavy (non-hydrogen) atoms. The first-order valence-corrected chi connectivity index (χ1v) is 8.09. The van der Waals surface area contributed by atoms with Gasteiger partial charge in [-0.2, -0.15) is 0 Å². The minimum atomic E-state index is -3.07. The average Bonchev–Trinajstić information content (AvgIpc) is 2.78. The Morgan fingerprint density at radius 2 is 2.11 bits per heavy atom. The van der Waals surface area contributed by atoms with Crippen molar-refractivity contribution in [2.45, 2.75) is 24.8 Å². The van der Waals surface area contributed by atoms with Crippen LogP contribution in [0.3, 0.4) is 0 Å². The van der Waals surface area contributed by atoms with Crippen molar-refractivity contribution in [3.63, 3.8) is 0 Å². The number of H-pyrrole nitrogens is 1. The van der Waals surface area contributed by atoms with Crippen LogP contribution in [0.15, 0.2) is 6.33 Å². The van der Waals surface area contributed by atoms with Gasteiger partial charge < -0.3 is 10.3 Å². The van der Waals surface area contributed by atoms with Crippen LogP contribution in [-0.2, 0) is 22.0 Å².